The van der Waals surface area contributed by atoms with E-state index in [0.29, 0.717) is 0 Å². The molecule has 0 fully saturated rings. The Morgan fingerprint density at radius 1 is 1.53 bits per heavy atom. The molecule has 1 amide bonds. The molecule has 0 radical (unpaired) electrons. The van der Waals surface area contributed by atoms with Crippen LogP contribution in [0.3, 0.4) is 0 Å². The second-order valence-electron chi connectivity index (χ2n) is 3.91. The van der Waals surface area contributed by atoms with Crippen LogP contribution in [0, 0.1) is 5.41 Å². The Morgan fingerprint density at radius 3 is 2.47 bits per heavy atom. The van der Waals surface area contributed by atoms with Crippen LogP contribution in [-0.2, 0) is 9.53 Å². The van der Waals surface area contributed by atoms with Crippen LogP contribution in [0.2, 0.25) is 0 Å². The number of amides is 1. The largest absolute Gasteiger partial charge is 0.481 e. The summed E-state index contributed by atoms with van der Waals surface area (Å²) in [6.45, 7) is 6.72. The summed E-state index contributed by atoms with van der Waals surface area (Å²) in [5.74, 6) is -0.953. The fourth-order valence-corrected chi connectivity index (χ4v) is 0.966. The molecule has 86 valence electrons. The lowest BCUT2D eigenvalue weighted by molar-refractivity contribution is -0.147. The first-order chi connectivity index (χ1) is 6.81. The number of carbonyl (C=O) groups is 2. The fourth-order valence-electron chi connectivity index (χ4n) is 0.966. The highest BCUT2D eigenvalue weighted by atomic mass is 16.6. The summed E-state index contributed by atoms with van der Waals surface area (Å²) in [7, 11) is 1.50. The van der Waals surface area contributed by atoms with Crippen molar-refractivity contribution in [2.45, 2.75) is 13.8 Å². The van der Waals surface area contributed by atoms with Crippen molar-refractivity contribution in [3.05, 3.63) is 12.7 Å². The Labute approximate surface area is 89.3 Å². The third-order valence-corrected chi connectivity index (χ3v) is 1.85. The molecule has 15 heavy (non-hydrogen) atoms. The van der Waals surface area contributed by atoms with Crippen LogP contribution in [-0.4, -0.2) is 42.3 Å². The van der Waals surface area contributed by atoms with Crippen LogP contribution in [0.15, 0.2) is 12.7 Å². The molecule has 0 aliphatic heterocycles. The molecule has 0 heterocycles. The van der Waals surface area contributed by atoms with Gasteiger partial charge in [0.2, 0.25) is 0 Å². The number of rotatable bonds is 5. The van der Waals surface area contributed by atoms with Crippen LogP contribution in [0.1, 0.15) is 13.8 Å². The van der Waals surface area contributed by atoms with Gasteiger partial charge < -0.3 is 14.7 Å². The molecule has 0 saturated heterocycles. The van der Waals surface area contributed by atoms with Crippen molar-refractivity contribution in [3.63, 3.8) is 0 Å². The first-order valence-electron chi connectivity index (χ1n) is 4.53. The summed E-state index contributed by atoms with van der Waals surface area (Å²) >= 11 is 0. The summed E-state index contributed by atoms with van der Waals surface area (Å²) in [6.07, 6.45) is 0.901. The average molecular weight is 215 g/mol. The number of ether oxygens (including phenoxy) is 1. The monoisotopic (exact) mass is 215 g/mol. The second-order valence-corrected chi connectivity index (χ2v) is 3.91. The molecule has 0 rings (SSSR count). The highest BCUT2D eigenvalue weighted by Gasteiger charge is 2.30. The van der Waals surface area contributed by atoms with Gasteiger partial charge in [-0.15, -0.1) is 0 Å². The number of hydrogen-bond acceptors (Lipinski definition) is 3. The standard InChI is InChI=1S/C10H17NO4/c1-5-6-15-9(14)11(4)7-10(2,3)8(12)13/h5H,1,6-7H2,2-4H3,(H,12,13). The minimum absolute atomic E-state index is 0.0955. The molecule has 0 saturated carbocycles. The van der Waals surface area contributed by atoms with Gasteiger partial charge in [0, 0.05) is 13.6 Å². The van der Waals surface area contributed by atoms with Gasteiger partial charge in [0.1, 0.15) is 6.61 Å². The quantitative estimate of drug-likeness (QED) is 0.703. The molecule has 0 aromatic carbocycles. The van der Waals surface area contributed by atoms with E-state index in [1.54, 1.807) is 13.8 Å². The predicted octanol–water partition coefficient (Wildman–Crippen LogP) is 1.35. The van der Waals surface area contributed by atoms with E-state index in [4.69, 9.17) is 9.84 Å². The maximum Gasteiger partial charge on any atom is 0.409 e. The Balaban J connectivity index is 4.23. The van der Waals surface area contributed by atoms with Crippen molar-refractivity contribution in [2.75, 3.05) is 20.2 Å². The summed E-state index contributed by atoms with van der Waals surface area (Å²) in [6, 6.07) is 0. The second kappa shape index (κ2) is 5.38. The zero-order valence-electron chi connectivity index (χ0n) is 9.32. The highest BCUT2D eigenvalue weighted by Crippen LogP contribution is 2.16. The third-order valence-electron chi connectivity index (χ3n) is 1.85. The predicted molar refractivity (Wildman–Crippen MR) is 55.6 cm³/mol. The molecular weight excluding hydrogens is 198 g/mol. The van der Waals surface area contributed by atoms with Gasteiger partial charge in [-0.3, -0.25) is 4.79 Å². The number of carboxylic acid groups (broad SMARTS) is 1. The molecule has 0 aliphatic rings. The summed E-state index contributed by atoms with van der Waals surface area (Å²) in [5.41, 5.74) is -0.984. The van der Waals surface area contributed by atoms with Crippen molar-refractivity contribution < 1.29 is 19.4 Å². The van der Waals surface area contributed by atoms with Crippen LogP contribution in [0.25, 0.3) is 0 Å². The Morgan fingerprint density at radius 2 is 2.07 bits per heavy atom. The molecule has 0 aromatic rings. The lowest BCUT2D eigenvalue weighted by Crippen LogP contribution is -2.40. The molecule has 1 N–H and O–H groups in total. The Hall–Kier alpha value is -1.52. The number of carbonyl (C=O) groups excluding carboxylic acids is 1. The normalized spacial score (nSPS) is 10.6. The molecule has 5 heteroatoms. The summed E-state index contributed by atoms with van der Waals surface area (Å²) in [5, 5.41) is 8.85. The van der Waals surface area contributed by atoms with E-state index in [2.05, 4.69) is 6.58 Å². The number of aliphatic carboxylic acids is 1. The number of nitrogens with zero attached hydrogens (tertiary/aromatic N) is 1. The van der Waals surface area contributed by atoms with Crippen molar-refractivity contribution in [1.82, 2.24) is 4.90 Å². The topological polar surface area (TPSA) is 66.8 Å². The van der Waals surface area contributed by atoms with Crippen LogP contribution in [0.4, 0.5) is 4.79 Å². The molecule has 0 atom stereocenters. The highest BCUT2D eigenvalue weighted by molar-refractivity contribution is 5.75. The fraction of sp³-hybridized carbons (Fsp3) is 0.600. The van der Waals surface area contributed by atoms with Crippen molar-refractivity contribution in [2.24, 2.45) is 5.41 Å². The molecule has 5 nitrogen and oxygen atoms in total. The molecule has 0 aliphatic carbocycles. The minimum Gasteiger partial charge on any atom is -0.481 e. The van der Waals surface area contributed by atoms with Gasteiger partial charge in [-0.25, -0.2) is 4.79 Å². The summed E-state index contributed by atoms with van der Waals surface area (Å²) in [4.78, 5) is 23.3. The van der Waals surface area contributed by atoms with E-state index in [0.717, 1.165) is 0 Å². The SMILES string of the molecule is C=CCOC(=O)N(C)CC(C)(C)C(=O)O. The molecule has 0 aromatic heterocycles. The molecule has 0 unspecified atom stereocenters. The van der Waals surface area contributed by atoms with Gasteiger partial charge in [-0.05, 0) is 13.8 Å². The van der Waals surface area contributed by atoms with Gasteiger partial charge in [0.25, 0.3) is 0 Å². The molecular formula is C10H17NO4. The van der Waals surface area contributed by atoms with E-state index in [9.17, 15) is 9.59 Å². The smallest absolute Gasteiger partial charge is 0.409 e. The van der Waals surface area contributed by atoms with Crippen LogP contribution < -0.4 is 0 Å². The summed E-state index contributed by atoms with van der Waals surface area (Å²) < 4.78 is 4.75. The van der Waals surface area contributed by atoms with Gasteiger partial charge in [-0.1, -0.05) is 12.7 Å². The maximum absolute atomic E-state index is 11.3. The first kappa shape index (κ1) is 13.5. The lowest BCUT2D eigenvalue weighted by Gasteiger charge is -2.25. The Bertz CT molecular complexity index is 260. The zero-order chi connectivity index (χ0) is 12.1. The van der Waals surface area contributed by atoms with Crippen LogP contribution >= 0.6 is 0 Å². The van der Waals surface area contributed by atoms with Gasteiger partial charge >= 0.3 is 12.1 Å². The van der Waals surface area contributed by atoms with Crippen molar-refractivity contribution in [3.8, 4) is 0 Å². The number of hydrogen-bond donors (Lipinski definition) is 1. The molecule has 0 bridgehead atoms. The van der Waals surface area contributed by atoms with E-state index in [1.165, 1.54) is 18.0 Å². The zero-order valence-corrected chi connectivity index (χ0v) is 9.32. The van der Waals surface area contributed by atoms with Crippen molar-refractivity contribution in [1.29, 1.82) is 0 Å². The van der Waals surface area contributed by atoms with Gasteiger partial charge in [0.15, 0.2) is 0 Å². The third kappa shape index (κ3) is 4.49. The van der Waals surface area contributed by atoms with E-state index in [-0.39, 0.29) is 13.2 Å². The van der Waals surface area contributed by atoms with Gasteiger partial charge in [0.05, 0.1) is 5.41 Å². The van der Waals surface area contributed by atoms with Crippen molar-refractivity contribution >= 4 is 12.1 Å². The lowest BCUT2D eigenvalue weighted by atomic mass is 9.93. The van der Waals surface area contributed by atoms with Crippen LogP contribution in [0.5, 0.6) is 0 Å². The van der Waals surface area contributed by atoms with E-state index >= 15 is 0 Å². The average Bonchev–Trinajstić information content (AvgIpc) is 2.13. The van der Waals surface area contributed by atoms with Gasteiger partial charge in [-0.2, -0.15) is 0 Å². The van der Waals surface area contributed by atoms with E-state index < -0.39 is 17.5 Å². The van der Waals surface area contributed by atoms with E-state index in [1.807, 2.05) is 0 Å². The number of carboxylic acids is 1. The minimum atomic E-state index is -0.984. The Kier molecular flexibility index (Phi) is 4.84. The maximum atomic E-state index is 11.3. The first-order valence-corrected chi connectivity index (χ1v) is 4.53. The molecule has 0 spiro atoms.